The zero-order valence-electron chi connectivity index (χ0n) is 1.85. The van der Waals surface area contributed by atoms with Crippen molar-refractivity contribution >= 4 is 19.8 Å². The maximum absolute atomic E-state index is 0. The molecular weight excluding hydrogens is 269 g/mol. The molecule has 0 unspecified atom stereocenters. The summed E-state index contributed by atoms with van der Waals surface area (Å²) in [6.45, 7) is 0. The molecule has 4 heteroatoms. The molecule has 0 aromatic heterocycles. The largest absolute Gasteiger partial charge is 0 e. The molecule has 0 aromatic carbocycles. The maximum Gasteiger partial charge on any atom is 0 e. The van der Waals surface area contributed by atoms with Gasteiger partial charge in [0.25, 0.3) is 0 Å². The van der Waals surface area contributed by atoms with E-state index >= 15 is 0 Å². The summed E-state index contributed by atoms with van der Waals surface area (Å²) < 4.78 is 0. The smallest absolute Gasteiger partial charge is 0 e. The first-order valence-electron chi connectivity index (χ1n) is 0. The van der Waals surface area contributed by atoms with Crippen LogP contribution in [0.5, 0.6) is 0 Å². The Bertz CT molecular complexity index is 8.00. The van der Waals surface area contributed by atoms with Gasteiger partial charge in [-0.15, -0.1) is 0 Å². The summed E-state index contributed by atoms with van der Waals surface area (Å²) in [4.78, 5) is 0. The Kier molecular flexibility index (Phi) is 141. The second-order valence-corrected chi connectivity index (χ2v) is 0. The summed E-state index contributed by atoms with van der Waals surface area (Å²) in [5, 5.41) is 0. The van der Waals surface area contributed by atoms with Crippen molar-refractivity contribution < 1.29 is 58.0 Å². The average molecular weight is 269 g/mol. The quantitative estimate of drug-likeness (QED) is 0.525. The summed E-state index contributed by atoms with van der Waals surface area (Å²) in [6, 6.07) is 0. The van der Waals surface area contributed by atoms with Gasteiger partial charge in [-0.2, -0.15) is 0 Å². The van der Waals surface area contributed by atoms with Gasteiger partial charge in [-0.05, 0) is 0 Å². The fourth-order valence-corrected chi connectivity index (χ4v) is 0. The van der Waals surface area contributed by atoms with Gasteiger partial charge in [0.15, 0.2) is 0 Å². The van der Waals surface area contributed by atoms with E-state index in [0.29, 0.717) is 0 Å². The van der Waals surface area contributed by atoms with Crippen molar-refractivity contribution in [2.24, 2.45) is 0 Å². The average Bonchev–Trinajstić information content (AvgIpc) is 0. The molecule has 20 valence electrons. The predicted octanol–water partition coefficient (Wildman–Crippen LogP) is -0.388. The molecule has 0 saturated carbocycles. The molecule has 0 bridgehead atoms. The van der Waals surface area contributed by atoms with Crippen LogP contribution in [0.25, 0.3) is 0 Å². The van der Waals surface area contributed by atoms with Gasteiger partial charge in [0.2, 0.25) is 0 Å². The fraction of sp³-hybridized carbons (Fsp3) is 0. The Morgan fingerprint density at radius 2 is 1.00 bits per heavy atom. The molecule has 0 spiro atoms. The summed E-state index contributed by atoms with van der Waals surface area (Å²) >= 11 is 0. The molecule has 0 atom stereocenters. The SMILES string of the molecule is [Ga].[Mn].[Nb].[V]. The molecule has 0 saturated heterocycles. The van der Waals surface area contributed by atoms with Crippen LogP contribution in [0.2, 0.25) is 0 Å². The third-order valence-electron chi connectivity index (χ3n) is 0. The fourth-order valence-electron chi connectivity index (χ4n) is 0. The van der Waals surface area contributed by atoms with Crippen LogP contribution in [0.4, 0.5) is 0 Å². The number of hydrogen-bond donors (Lipinski definition) is 0. The van der Waals surface area contributed by atoms with E-state index in [4.69, 9.17) is 0 Å². The summed E-state index contributed by atoms with van der Waals surface area (Å²) in [7, 11) is 0. The van der Waals surface area contributed by atoms with E-state index in [1.807, 2.05) is 0 Å². The Hall–Kier alpha value is 2.48. The minimum absolute atomic E-state index is 0. The van der Waals surface area contributed by atoms with Gasteiger partial charge in [0.05, 0.1) is 0 Å². The Labute approximate surface area is 76.8 Å². The number of hydrogen-bond acceptors (Lipinski definition) is 0. The molecule has 0 aliphatic rings. The molecule has 0 fully saturated rings. The van der Waals surface area contributed by atoms with Gasteiger partial charge in [0, 0.05) is 77.8 Å². The molecule has 0 aliphatic heterocycles. The van der Waals surface area contributed by atoms with Gasteiger partial charge in [-0.3, -0.25) is 0 Å². The summed E-state index contributed by atoms with van der Waals surface area (Å²) in [5.41, 5.74) is 0. The minimum atomic E-state index is 0. The van der Waals surface area contributed by atoms with E-state index in [-0.39, 0.29) is 77.8 Å². The number of rotatable bonds is 0. The van der Waals surface area contributed by atoms with Gasteiger partial charge in [0.1, 0.15) is 0 Å². The monoisotopic (exact) mass is 268 g/mol. The molecule has 0 heterocycles. The van der Waals surface area contributed by atoms with Crippen LogP contribution in [0.15, 0.2) is 0 Å². The first-order valence-corrected chi connectivity index (χ1v) is 0. The Balaban J connectivity index is 0. The molecule has 4 heavy (non-hydrogen) atoms. The van der Waals surface area contributed by atoms with Crippen molar-refractivity contribution in [3.05, 3.63) is 0 Å². The minimum Gasteiger partial charge on any atom is 0 e. The molecule has 0 rings (SSSR count). The van der Waals surface area contributed by atoms with E-state index in [1.165, 1.54) is 0 Å². The third kappa shape index (κ3) is 8.82. The van der Waals surface area contributed by atoms with Crippen LogP contribution in [-0.4, -0.2) is 19.8 Å². The van der Waals surface area contributed by atoms with E-state index in [9.17, 15) is 0 Å². The van der Waals surface area contributed by atoms with Gasteiger partial charge >= 0.3 is 0 Å². The second-order valence-electron chi connectivity index (χ2n) is 0. The molecule has 0 N–H and O–H groups in total. The molecule has 0 aromatic rings. The van der Waals surface area contributed by atoms with Crippen molar-refractivity contribution in [3.63, 3.8) is 0 Å². The van der Waals surface area contributed by atoms with Crippen LogP contribution in [0.3, 0.4) is 0 Å². The van der Waals surface area contributed by atoms with Crippen molar-refractivity contribution in [2.75, 3.05) is 0 Å². The second kappa shape index (κ2) is 17.9. The van der Waals surface area contributed by atoms with Crippen LogP contribution >= 0.6 is 0 Å². The first-order chi connectivity index (χ1) is 0. The third-order valence-corrected chi connectivity index (χ3v) is 0. The normalized spacial score (nSPS) is 0. The van der Waals surface area contributed by atoms with E-state index in [1.54, 1.807) is 0 Å². The molecule has 0 nitrogen and oxygen atoms in total. The first kappa shape index (κ1) is 31.6. The molecule has 6 radical (unpaired) electrons. The van der Waals surface area contributed by atoms with E-state index < -0.39 is 0 Å². The summed E-state index contributed by atoms with van der Waals surface area (Å²) in [5.74, 6) is 0. The van der Waals surface area contributed by atoms with E-state index in [2.05, 4.69) is 0 Å². The summed E-state index contributed by atoms with van der Waals surface area (Å²) in [6.07, 6.45) is 0. The Morgan fingerprint density at radius 3 is 1.00 bits per heavy atom. The van der Waals surface area contributed by atoms with Crippen LogP contribution in [0, 0.1) is 0 Å². The van der Waals surface area contributed by atoms with Crippen LogP contribution < -0.4 is 0 Å². The zero-order chi connectivity index (χ0) is 0. The topological polar surface area (TPSA) is 0 Å². The van der Waals surface area contributed by atoms with Gasteiger partial charge < -0.3 is 0 Å². The van der Waals surface area contributed by atoms with Crippen LogP contribution in [-0.2, 0) is 58.0 Å². The van der Waals surface area contributed by atoms with Crippen molar-refractivity contribution in [1.29, 1.82) is 0 Å². The predicted molar refractivity (Wildman–Crippen MR) is 5.75 cm³/mol. The Morgan fingerprint density at radius 1 is 1.00 bits per heavy atom. The van der Waals surface area contributed by atoms with Gasteiger partial charge in [-0.25, -0.2) is 0 Å². The molecule has 0 aliphatic carbocycles. The molecule has 0 amide bonds. The van der Waals surface area contributed by atoms with Crippen molar-refractivity contribution in [2.45, 2.75) is 0 Å². The van der Waals surface area contributed by atoms with Crippen molar-refractivity contribution in [1.82, 2.24) is 0 Å². The van der Waals surface area contributed by atoms with Crippen molar-refractivity contribution in [3.8, 4) is 0 Å². The van der Waals surface area contributed by atoms with Gasteiger partial charge in [-0.1, -0.05) is 0 Å². The standard InChI is InChI=1S/Ga.Mn.Nb.V. The zero-order valence-corrected chi connectivity index (χ0v) is 9.05. The maximum atomic E-state index is 0. The molecular formula is GaMnNbV. The van der Waals surface area contributed by atoms with E-state index in [0.717, 1.165) is 0 Å². The van der Waals surface area contributed by atoms with Crippen LogP contribution in [0.1, 0.15) is 0 Å².